The van der Waals surface area contributed by atoms with Crippen molar-refractivity contribution in [2.45, 2.75) is 0 Å². The molecular weight excluding hydrogens is 450 g/mol. The average molecular weight is 476 g/mol. The summed E-state index contributed by atoms with van der Waals surface area (Å²) in [5.74, 6) is 0.601. The minimum atomic E-state index is 0.279. The Morgan fingerprint density at radius 2 is 0.971 bits per heavy atom. The highest BCUT2D eigenvalue weighted by Crippen LogP contribution is 2.34. The van der Waals surface area contributed by atoms with Gasteiger partial charge in [0.05, 0.1) is 15.8 Å². The van der Waals surface area contributed by atoms with E-state index < -0.39 is 0 Å². The van der Waals surface area contributed by atoms with Gasteiger partial charge >= 0.3 is 0 Å². The zero-order valence-corrected chi connectivity index (χ0v) is 19.8. The van der Waals surface area contributed by atoms with Crippen LogP contribution in [0.1, 0.15) is 0 Å². The molecule has 0 atom stereocenters. The summed E-state index contributed by atoms with van der Waals surface area (Å²) in [6.45, 7) is 0. The van der Waals surface area contributed by atoms with Gasteiger partial charge < -0.3 is 10.2 Å². The lowest BCUT2D eigenvalue weighted by atomic mass is 10.1. The van der Waals surface area contributed by atoms with Gasteiger partial charge in [0.25, 0.3) is 0 Å². The predicted octanol–water partition coefficient (Wildman–Crippen LogP) is 8.41. The van der Waals surface area contributed by atoms with Gasteiger partial charge in [-0.05, 0) is 47.5 Å². The van der Waals surface area contributed by atoms with Crippen LogP contribution in [-0.4, -0.2) is 15.2 Å². The lowest BCUT2D eigenvalue weighted by Gasteiger charge is -1.98. The highest BCUT2D eigenvalue weighted by atomic mass is 32.1. The minimum absolute atomic E-state index is 0.279. The van der Waals surface area contributed by atoms with E-state index in [4.69, 9.17) is 5.11 Å². The molecule has 0 bridgehead atoms. The summed E-state index contributed by atoms with van der Waals surface area (Å²) in [6.07, 6.45) is 0. The van der Waals surface area contributed by atoms with Crippen LogP contribution in [0.3, 0.4) is 0 Å². The van der Waals surface area contributed by atoms with Crippen molar-refractivity contribution in [2.24, 2.45) is 0 Å². The number of rotatable bonds is 2. The van der Waals surface area contributed by atoms with Crippen molar-refractivity contribution in [1.82, 2.24) is 4.98 Å². The number of phenolic OH excluding ortho intramolecular Hbond substituents is 2. The highest BCUT2D eigenvalue weighted by molar-refractivity contribution is 7.21. The van der Waals surface area contributed by atoms with Gasteiger partial charge in [0.2, 0.25) is 0 Å². The van der Waals surface area contributed by atoms with Crippen LogP contribution in [0.2, 0.25) is 0 Å². The monoisotopic (exact) mass is 475 g/mol. The molecule has 0 aliphatic heterocycles. The summed E-state index contributed by atoms with van der Waals surface area (Å²) in [4.78, 5) is 4.50. The lowest BCUT2D eigenvalue weighted by Crippen LogP contribution is -1.76. The molecule has 6 aromatic rings. The van der Waals surface area contributed by atoms with Crippen molar-refractivity contribution >= 4 is 21.6 Å². The number of para-hydroxylation sites is 3. The lowest BCUT2D eigenvalue weighted by molar-refractivity contribution is 0.475. The van der Waals surface area contributed by atoms with E-state index in [1.54, 1.807) is 41.7 Å². The first-order valence-corrected chi connectivity index (χ1v) is 12.0. The Morgan fingerprint density at radius 3 is 1.49 bits per heavy atom. The van der Waals surface area contributed by atoms with Crippen LogP contribution in [-0.2, 0) is 0 Å². The van der Waals surface area contributed by atoms with Gasteiger partial charge in [0.15, 0.2) is 0 Å². The van der Waals surface area contributed by atoms with Crippen molar-refractivity contribution in [1.29, 1.82) is 0 Å². The number of phenols is 2. The molecule has 0 aliphatic carbocycles. The van der Waals surface area contributed by atoms with Gasteiger partial charge in [-0.15, -0.1) is 11.3 Å². The smallest absolute Gasteiger partial charge is 0.128 e. The minimum Gasteiger partial charge on any atom is -0.508 e. The Morgan fingerprint density at radius 1 is 0.486 bits per heavy atom. The molecule has 0 radical (unpaired) electrons. The van der Waals surface area contributed by atoms with E-state index in [9.17, 15) is 5.11 Å². The Bertz CT molecular complexity index is 1380. The topological polar surface area (TPSA) is 53.4 Å². The summed E-state index contributed by atoms with van der Waals surface area (Å²) in [5.41, 5.74) is 4.32. The van der Waals surface area contributed by atoms with Crippen molar-refractivity contribution in [3.05, 3.63) is 140 Å². The molecule has 0 aliphatic rings. The van der Waals surface area contributed by atoms with E-state index in [1.165, 1.54) is 11.1 Å². The van der Waals surface area contributed by atoms with Crippen LogP contribution >= 0.6 is 11.3 Å². The first-order chi connectivity index (χ1) is 17.2. The van der Waals surface area contributed by atoms with Gasteiger partial charge in [-0.3, -0.25) is 0 Å². The number of aromatic hydroxyl groups is 2. The van der Waals surface area contributed by atoms with Gasteiger partial charge in [-0.2, -0.15) is 0 Å². The standard InChI is InChI=1S/C13H9NOS.C12H10.C6H6O/c15-11-7-3-1-5-9(11)13-14-10-6-2-4-8-12(10)16-13;1-3-7-11(8-4-1)12-9-5-2-6-10-12;7-6-4-2-1-3-5-6/h1-8,15H;1-10H;1-5,7H. The number of thiazole rings is 1. The predicted molar refractivity (Wildman–Crippen MR) is 147 cm³/mol. The summed E-state index contributed by atoms with van der Waals surface area (Å²) < 4.78 is 1.14. The molecule has 0 spiro atoms. The molecule has 5 aromatic carbocycles. The van der Waals surface area contributed by atoms with Crippen LogP contribution in [0, 0.1) is 0 Å². The second-order valence-electron chi connectivity index (χ2n) is 7.57. The normalized spacial score (nSPS) is 9.94. The molecular formula is C31H25NO2S. The summed E-state index contributed by atoms with van der Waals surface area (Å²) in [5, 5.41) is 19.2. The molecule has 0 saturated carbocycles. The van der Waals surface area contributed by atoms with Crippen molar-refractivity contribution in [2.75, 3.05) is 0 Å². The molecule has 0 saturated heterocycles. The molecule has 1 heterocycles. The Labute approximate surface area is 209 Å². The second kappa shape index (κ2) is 12.2. The maximum atomic E-state index is 9.76. The molecule has 2 N–H and O–H groups in total. The second-order valence-corrected chi connectivity index (χ2v) is 8.60. The Hall–Kier alpha value is -4.41. The zero-order chi connectivity index (χ0) is 24.3. The molecule has 0 fully saturated rings. The quantitative estimate of drug-likeness (QED) is 0.264. The van der Waals surface area contributed by atoms with Gasteiger partial charge in [-0.1, -0.05) is 103 Å². The SMILES string of the molecule is Oc1ccccc1.Oc1ccccc1-c1nc2ccccc2s1.c1ccc(-c2ccccc2)cc1. The summed E-state index contributed by atoms with van der Waals surface area (Å²) >= 11 is 1.59. The molecule has 0 amide bonds. The molecule has 6 rings (SSSR count). The van der Waals surface area contributed by atoms with Crippen molar-refractivity contribution < 1.29 is 10.2 Å². The highest BCUT2D eigenvalue weighted by Gasteiger charge is 2.08. The number of nitrogens with zero attached hydrogens (tertiary/aromatic N) is 1. The van der Waals surface area contributed by atoms with Crippen LogP contribution in [0.15, 0.2) is 140 Å². The average Bonchev–Trinajstić information content (AvgIpc) is 3.35. The van der Waals surface area contributed by atoms with E-state index in [0.29, 0.717) is 5.75 Å². The van der Waals surface area contributed by atoms with Crippen molar-refractivity contribution in [3.8, 4) is 33.2 Å². The van der Waals surface area contributed by atoms with E-state index >= 15 is 0 Å². The fourth-order valence-electron chi connectivity index (χ4n) is 3.33. The summed E-state index contributed by atoms with van der Waals surface area (Å²) in [6, 6.07) is 44.8. The van der Waals surface area contributed by atoms with Gasteiger partial charge in [-0.25, -0.2) is 4.98 Å². The third-order valence-electron chi connectivity index (χ3n) is 5.07. The largest absolute Gasteiger partial charge is 0.508 e. The van der Waals surface area contributed by atoms with Gasteiger partial charge in [0.1, 0.15) is 16.5 Å². The van der Waals surface area contributed by atoms with Crippen LogP contribution < -0.4 is 0 Å². The number of hydrogen-bond acceptors (Lipinski definition) is 4. The van der Waals surface area contributed by atoms with Crippen LogP contribution in [0.4, 0.5) is 0 Å². The number of aromatic nitrogens is 1. The fourth-order valence-corrected chi connectivity index (χ4v) is 4.33. The molecule has 4 heteroatoms. The number of hydrogen-bond donors (Lipinski definition) is 2. The van der Waals surface area contributed by atoms with Crippen molar-refractivity contribution in [3.63, 3.8) is 0 Å². The van der Waals surface area contributed by atoms with E-state index in [2.05, 4.69) is 53.5 Å². The zero-order valence-electron chi connectivity index (χ0n) is 19.0. The van der Waals surface area contributed by atoms with E-state index in [0.717, 1.165) is 20.8 Å². The fraction of sp³-hybridized carbons (Fsp3) is 0. The number of fused-ring (bicyclic) bond motifs is 1. The maximum Gasteiger partial charge on any atom is 0.128 e. The van der Waals surface area contributed by atoms with Crippen LogP contribution in [0.25, 0.3) is 31.9 Å². The maximum absolute atomic E-state index is 9.76. The molecule has 3 nitrogen and oxygen atoms in total. The first-order valence-electron chi connectivity index (χ1n) is 11.2. The Balaban J connectivity index is 0.000000134. The van der Waals surface area contributed by atoms with Gasteiger partial charge in [0, 0.05) is 0 Å². The molecule has 1 aromatic heterocycles. The molecule has 0 unspecified atom stereocenters. The number of benzene rings is 5. The third kappa shape index (κ3) is 6.79. The molecule has 35 heavy (non-hydrogen) atoms. The molecule has 172 valence electrons. The third-order valence-corrected chi connectivity index (χ3v) is 6.14. The first kappa shape index (κ1) is 23.7. The van der Waals surface area contributed by atoms with E-state index in [1.807, 2.05) is 60.7 Å². The van der Waals surface area contributed by atoms with E-state index in [-0.39, 0.29) is 5.75 Å². The van der Waals surface area contributed by atoms with Crippen LogP contribution in [0.5, 0.6) is 11.5 Å². The summed E-state index contributed by atoms with van der Waals surface area (Å²) in [7, 11) is 0. The Kier molecular flexibility index (Phi) is 8.25.